The highest BCUT2D eigenvalue weighted by atomic mass is 32.2. The van der Waals surface area contributed by atoms with Crippen molar-refractivity contribution in [3.63, 3.8) is 0 Å². The molecule has 6 heteroatoms. The summed E-state index contributed by atoms with van der Waals surface area (Å²) in [6.07, 6.45) is 1.60. The molecule has 124 valence electrons. The number of aryl methyl sites for hydroxylation is 1. The van der Waals surface area contributed by atoms with E-state index in [1.807, 2.05) is 19.1 Å². The van der Waals surface area contributed by atoms with Crippen molar-refractivity contribution in [2.24, 2.45) is 0 Å². The highest BCUT2D eigenvalue weighted by molar-refractivity contribution is 7.87. The molecule has 0 unspecified atom stereocenters. The zero-order valence-electron chi connectivity index (χ0n) is 13.4. The quantitative estimate of drug-likeness (QED) is 0.661. The molecule has 0 fully saturated rings. The molecule has 0 aliphatic heterocycles. The van der Waals surface area contributed by atoms with Gasteiger partial charge in [0.15, 0.2) is 5.75 Å². The first-order chi connectivity index (χ1) is 11.5. The lowest BCUT2D eigenvalue weighted by Crippen LogP contribution is -2.10. The summed E-state index contributed by atoms with van der Waals surface area (Å²) < 4.78 is 35.9. The molecule has 0 aliphatic rings. The Labute approximate surface area is 141 Å². The zero-order chi connectivity index (χ0) is 17.2. The van der Waals surface area contributed by atoms with Crippen LogP contribution in [0.3, 0.4) is 0 Å². The molecule has 3 aromatic rings. The summed E-state index contributed by atoms with van der Waals surface area (Å²) in [5.74, 6) is 0.864. The van der Waals surface area contributed by atoms with E-state index in [4.69, 9.17) is 8.92 Å². The molecule has 0 aliphatic carbocycles. The van der Waals surface area contributed by atoms with E-state index in [9.17, 15) is 8.42 Å². The average molecular weight is 343 g/mol. The van der Waals surface area contributed by atoms with Crippen LogP contribution in [-0.2, 0) is 10.1 Å². The van der Waals surface area contributed by atoms with E-state index in [2.05, 4.69) is 4.98 Å². The van der Waals surface area contributed by atoms with Gasteiger partial charge in [-0.15, -0.1) is 0 Å². The second-order valence-corrected chi connectivity index (χ2v) is 6.78. The van der Waals surface area contributed by atoms with E-state index in [0.29, 0.717) is 17.9 Å². The number of nitrogens with zero attached hydrogens (tertiary/aromatic N) is 1. The fourth-order valence-corrected chi connectivity index (χ4v) is 3.43. The normalized spacial score (nSPS) is 11.4. The Morgan fingerprint density at radius 3 is 2.58 bits per heavy atom. The maximum atomic E-state index is 12.6. The molecule has 2 aromatic carbocycles. The molecule has 0 saturated carbocycles. The van der Waals surface area contributed by atoms with Crippen molar-refractivity contribution >= 4 is 21.0 Å². The van der Waals surface area contributed by atoms with Crippen molar-refractivity contribution in [2.75, 3.05) is 6.61 Å². The summed E-state index contributed by atoms with van der Waals surface area (Å²) in [4.78, 5) is 4.29. The largest absolute Gasteiger partial charge is 0.494 e. The minimum atomic E-state index is -3.95. The average Bonchev–Trinajstić information content (AvgIpc) is 2.57. The summed E-state index contributed by atoms with van der Waals surface area (Å²) in [5, 5.41) is 0.813. The van der Waals surface area contributed by atoms with Gasteiger partial charge in [0.1, 0.15) is 16.2 Å². The number of para-hydroxylation sites is 1. The van der Waals surface area contributed by atoms with E-state index in [1.165, 1.54) is 6.07 Å². The fourth-order valence-electron chi connectivity index (χ4n) is 2.40. The van der Waals surface area contributed by atoms with Gasteiger partial charge < -0.3 is 8.92 Å². The van der Waals surface area contributed by atoms with Gasteiger partial charge in [-0.3, -0.25) is 4.98 Å². The third kappa shape index (κ3) is 3.19. The summed E-state index contributed by atoms with van der Waals surface area (Å²) in [5.41, 5.74) is 1.24. The summed E-state index contributed by atoms with van der Waals surface area (Å²) >= 11 is 0. The van der Waals surface area contributed by atoms with E-state index in [1.54, 1.807) is 43.5 Å². The van der Waals surface area contributed by atoms with Gasteiger partial charge in [0.2, 0.25) is 0 Å². The van der Waals surface area contributed by atoms with Crippen molar-refractivity contribution in [3.8, 4) is 11.5 Å². The lowest BCUT2D eigenvalue weighted by atomic mass is 10.2. The first-order valence-corrected chi connectivity index (χ1v) is 8.94. The molecule has 0 amide bonds. The lowest BCUT2D eigenvalue weighted by Gasteiger charge is -2.11. The highest BCUT2D eigenvalue weighted by Gasteiger charge is 2.19. The van der Waals surface area contributed by atoms with Crippen LogP contribution in [0.25, 0.3) is 10.9 Å². The number of benzene rings is 2. The van der Waals surface area contributed by atoms with Crippen molar-refractivity contribution in [1.82, 2.24) is 4.98 Å². The molecule has 0 atom stereocenters. The standard InChI is InChI=1S/C18H17NO4S/c1-3-22-16-10-9-15(12-13(16)2)24(20,21)23-17-8-4-6-14-7-5-11-19-18(14)17/h4-12H,3H2,1-2H3. The van der Waals surface area contributed by atoms with Gasteiger partial charge in [0, 0.05) is 11.6 Å². The molecule has 0 radical (unpaired) electrons. The van der Waals surface area contributed by atoms with Crippen LogP contribution in [0.4, 0.5) is 0 Å². The molecule has 1 heterocycles. The Hall–Kier alpha value is -2.60. The first-order valence-electron chi connectivity index (χ1n) is 7.53. The number of pyridine rings is 1. The van der Waals surface area contributed by atoms with Crippen molar-refractivity contribution in [2.45, 2.75) is 18.7 Å². The molecule has 3 rings (SSSR count). The second kappa shape index (κ2) is 6.49. The Morgan fingerprint density at radius 2 is 1.83 bits per heavy atom. The molecule has 1 aromatic heterocycles. The van der Waals surface area contributed by atoms with Gasteiger partial charge in [-0.25, -0.2) is 0 Å². The van der Waals surface area contributed by atoms with Crippen LogP contribution in [0.2, 0.25) is 0 Å². The topological polar surface area (TPSA) is 65.5 Å². The highest BCUT2D eigenvalue weighted by Crippen LogP contribution is 2.28. The van der Waals surface area contributed by atoms with Crippen molar-refractivity contribution in [1.29, 1.82) is 0 Å². The molecule has 5 nitrogen and oxygen atoms in total. The molecule has 0 spiro atoms. The van der Waals surface area contributed by atoms with E-state index in [-0.39, 0.29) is 10.6 Å². The SMILES string of the molecule is CCOc1ccc(S(=O)(=O)Oc2cccc3cccnc23)cc1C. The summed E-state index contributed by atoms with van der Waals surface area (Å²) in [6, 6.07) is 13.5. The van der Waals surface area contributed by atoms with E-state index < -0.39 is 10.1 Å². The minimum absolute atomic E-state index is 0.0800. The molecular weight excluding hydrogens is 326 g/mol. The third-order valence-corrected chi connectivity index (χ3v) is 4.76. The van der Waals surface area contributed by atoms with Gasteiger partial charge in [0.25, 0.3) is 0 Å². The number of aromatic nitrogens is 1. The second-order valence-electron chi connectivity index (χ2n) is 5.23. The Bertz CT molecular complexity index is 978. The maximum absolute atomic E-state index is 12.6. The van der Waals surface area contributed by atoms with Crippen LogP contribution >= 0.6 is 0 Å². The van der Waals surface area contributed by atoms with Crippen molar-refractivity contribution < 1.29 is 17.3 Å². The Balaban J connectivity index is 1.98. The minimum Gasteiger partial charge on any atom is -0.494 e. The Morgan fingerprint density at radius 1 is 1.04 bits per heavy atom. The molecule has 24 heavy (non-hydrogen) atoms. The number of rotatable bonds is 5. The number of ether oxygens (including phenoxy) is 1. The fraction of sp³-hybridized carbons (Fsp3) is 0.167. The van der Waals surface area contributed by atoms with Gasteiger partial charge in [-0.05, 0) is 49.7 Å². The zero-order valence-corrected chi connectivity index (χ0v) is 14.2. The monoisotopic (exact) mass is 343 g/mol. The van der Waals surface area contributed by atoms with Crippen LogP contribution < -0.4 is 8.92 Å². The van der Waals surface area contributed by atoms with Gasteiger partial charge >= 0.3 is 10.1 Å². The number of hydrogen-bond acceptors (Lipinski definition) is 5. The summed E-state index contributed by atoms with van der Waals surface area (Å²) in [7, 11) is -3.95. The van der Waals surface area contributed by atoms with Gasteiger partial charge in [-0.2, -0.15) is 8.42 Å². The van der Waals surface area contributed by atoms with Crippen LogP contribution in [0.1, 0.15) is 12.5 Å². The van der Waals surface area contributed by atoms with Crippen LogP contribution in [0.15, 0.2) is 59.6 Å². The van der Waals surface area contributed by atoms with Gasteiger partial charge in [0.05, 0.1) is 6.61 Å². The Kier molecular flexibility index (Phi) is 4.40. The summed E-state index contributed by atoms with van der Waals surface area (Å²) in [6.45, 7) is 4.19. The first kappa shape index (κ1) is 16.3. The molecule has 0 saturated heterocycles. The van der Waals surface area contributed by atoms with E-state index >= 15 is 0 Å². The third-order valence-electron chi connectivity index (χ3n) is 3.53. The molecule has 0 bridgehead atoms. The molecular formula is C18H17NO4S. The van der Waals surface area contributed by atoms with Gasteiger partial charge in [-0.1, -0.05) is 18.2 Å². The van der Waals surface area contributed by atoms with E-state index in [0.717, 1.165) is 10.9 Å². The molecule has 0 N–H and O–H groups in total. The lowest BCUT2D eigenvalue weighted by molar-refractivity contribution is 0.337. The maximum Gasteiger partial charge on any atom is 0.339 e. The predicted molar refractivity (Wildman–Crippen MR) is 91.9 cm³/mol. The van der Waals surface area contributed by atoms with Crippen LogP contribution in [0.5, 0.6) is 11.5 Å². The van der Waals surface area contributed by atoms with Crippen LogP contribution in [-0.4, -0.2) is 20.0 Å². The predicted octanol–water partition coefficient (Wildman–Crippen LogP) is 3.71. The van der Waals surface area contributed by atoms with Crippen molar-refractivity contribution in [3.05, 3.63) is 60.3 Å². The number of fused-ring (bicyclic) bond motifs is 1. The number of hydrogen-bond donors (Lipinski definition) is 0. The smallest absolute Gasteiger partial charge is 0.339 e. The van der Waals surface area contributed by atoms with Crippen LogP contribution in [0, 0.1) is 6.92 Å².